The standard InChI is InChI=1S/C15H18O4/c1-2-19-15(18)14(17)12-8-10-6-4-3-5-7-11(10)9-13(12)16/h8-9,16H,2-7H2,1H3. The van der Waals surface area contributed by atoms with E-state index in [2.05, 4.69) is 4.74 Å². The van der Waals surface area contributed by atoms with Gasteiger partial charge in [-0.3, -0.25) is 4.79 Å². The molecule has 0 aromatic heterocycles. The van der Waals surface area contributed by atoms with Gasteiger partial charge in [0, 0.05) is 0 Å². The second kappa shape index (κ2) is 5.87. The highest BCUT2D eigenvalue weighted by atomic mass is 16.5. The first-order chi connectivity index (χ1) is 9.13. The molecule has 4 heteroatoms. The van der Waals surface area contributed by atoms with Crippen molar-refractivity contribution in [2.75, 3.05) is 6.61 Å². The third kappa shape index (κ3) is 2.95. The topological polar surface area (TPSA) is 63.6 Å². The smallest absolute Gasteiger partial charge is 0.379 e. The molecule has 102 valence electrons. The fourth-order valence-corrected chi connectivity index (χ4v) is 2.44. The summed E-state index contributed by atoms with van der Waals surface area (Å²) in [6, 6.07) is 3.27. The van der Waals surface area contributed by atoms with Gasteiger partial charge in [0.05, 0.1) is 12.2 Å². The second-order valence-corrected chi connectivity index (χ2v) is 4.75. The molecule has 0 saturated carbocycles. The normalized spacial score (nSPS) is 14.4. The molecule has 1 N–H and O–H groups in total. The maximum atomic E-state index is 11.9. The highest BCUT2D eigenvalue weighted by molar-refractivity contribution is 6.41. The van der Waals surface area contributed by atoms with Crippen molar-refractivity contribution in [1.29, 1.82) is 0 Å². The molecule has 0 unspecified atom stereocenters. The molecule has 1 aliphatic rings. The summed E-state index contributed by atoms with van der Waals surface area (Å²) in [5.41, 5.74) is 2.19. The fourth-order valence-electron chi connectivity index (χ4n) is 2.44. The number of carbonyl (C=O) groups is 2. The number of Topliss-reactive ketones (excluding diaryl/α,β-unsaturated/α-hetero) is 1. The number of fused-ring (bicyclic) bond motifs is 1. The number of phenolic OH excluding ortho intramolecular Hbond substituents is 1. The predicted molar refractivity (Wildman–Crippen MR) is 70.3 cm³/mol. The van der Waals surface area contributed by atoms with E-state index in [-0.39, 0.29) is 17.9 Å². The van der Waals surface area contributed by atoms with Crippen LogP contribution in [0.1, 0.15) is 47.7 Å². The van der Waals surface area contributed by atoms with Crippen LogP contribution in [0.3, 0.4) is 0 Å². The Morgan fingerprint density at radius 2 is 1.79 bits per heavy atom. The van der Waals surface area contributed by atoms with Crippen LogP contribution >= 0.6 is 0 Å². The van der Waals surface area contributed by atoms with E-state index in [1.807, 2.05) is 0 Å². The van der Waals surface area contributed by atoms with E-state index in [1.54, 1.807) is 19.1 Å². The highest BCUT2D eigenvalue weighted by Gasteiger charge is 2.23. The average molecular weight is 262 g/mol. The number of esters is 1. The number of benzene rings is 1. The molecule has 0 aliphatic heterocycles. The first-order valence-corrected chi connectivity index (χ1v) is 6.69. The highest BCUT2D eigenvalue weighted by Crippen LogP contribution is 2.28. The lowest BCUT2D eigenvalue weighted by atomic mass is 9.97. The molecule has 0 amide bonds. The number of hydrogen-bond donors (Lipinski definition) is 1. The van der Waals surface area contributed by atoms with E-state index in [9.17, 15) is 14.7 Å². The number of aromatic hydroxyl groups is 1. The SMILES string of the molecule is CCOC(=O)C(=O)c1cc2c(cc1O)CCCCC2. The summed E-state index contributed by atoms with van der Waals surface area (Å²) in [6.07, 6.45) is 5.12. The largest absolute Gasteiger partial charge is 0.507 e. The van der Waals surface area contributed by atoms with Crippen molar-refractivity contribution in [3.63, 3.8) is 0 Å². The van der Waals surface area contributed by atoms with Crippen molar-refractivity contribution < 1.29 is 19.4 Å². The Hall–Kier alpha value is -1.84. The second-order valence-electron chi connectivity index (χ2n) is 4.75. The van der Waals surface area contributed by atoms with Crippen LogP contribution in [0.4, 0.5) is 0 Å². The van der Waals surface area contributed by atoms with Crippen LogP contribution in [0.5, 0.6) is 5.75 Å². The van der Waals surface area contributed by atoms with Gasteiger partial charge in [-0.2, -0.15) is 0 Å². The van der Waals surface area contributed by atoms with Crippen LogP contribution in [0.15, 0.2) is 12.1 Å². The molecule has 0 spiro atoms. The molecule has 1 aromatic carbocycles. The molecular formula is C15H18O4. The fraction of sp³-hybridized carbons (Fsp3) is 0.467. The number of aryl methyl sites for hydroxylation is 2. The number of rotatable bonds is 3. The van der Waals surface area contributed by atoms with Gasteiger partial charge in [0.25, 0.3) is 5.78 Å². The van der Waals surface area contributed by atoms with E-state index >= 15 is 0 Å². The number of ketones is 1. The van der Waals surface area contributed by atoms with Gasteiger partial charge in [-0.1, -0.05) is 6.42 Å². The van der Waals surface area contributed by atoms with Crippen LogP contribution in [0.2, 0.25) is 0 Å². The van der Waals surface area contributed by atoms with E-state index < -0.39 is 11.8 Å². The average Bonchev–Trinajstić information content (AvgIpc) is 2.62. The van der Waals surface area contributed by atoms with E-state index in [4.69, 9.17) is 0 Å². The predicted octanol–water partition coefficient (Wildman–Crippen LogP) is 2.41. The van der Waals surface area contributed by atoms with Gasteiger partial charge in [-0.05, 0) is 55.9 Å². The maximum absolute atomic E-state index is 11.9. The summed E-state index contributed by atoms with van der Waals surface area (Å²) >= 11 is 0. The molecule has 0 atom stereocenters. The summed E-state index contributed by atoms with van der Waals surface area (Å²) in [7, 11) is 0. The lowest BCUT2D eigenvalue weighted by Crippen LogP contribution is -2.18. The van der Waals surface area contributed by atoms with Crippen molar-refractivity contribution in [1.82, 2.24) is 0 Å². The van der Waals surface area contributed by atoms with Crippen molar-refractivity contribution in [3.8, 4) is 5.75 Å². The van der Waals surface area contributed by atoms with Crippen LogP contribution in [-0.2, 0) is 22.4 Å². The van der Waals surface area contributed by atoms with Crippen LogP contribution in [-0.4, -0.2) is 23.5 Å². The molecule has 1 aromatic rings. The van der Waals surface area contributed by atoms with Crippen LogP contribution in [0, 0.1) is 0 Å². The number of carbonyl (C=O) groups excluding carboxylic acids is 2. The van der Waals surface area contributed by atoms with E-state index in [0.29, 0.717) is 0 Å². The minimum absolute atomic E-state index is 0.0547. The lowest BCUT2D eigenvalue weighted by Gasteiger charge is -2.10. The Kier molecular flexibility index (Phi) is 4.20. The minimum Gasteiger partial charge on any atom is -0.507 e. The van der Waals surface area contributed by atoms with Crippen molar-refractivity contribution >= 4 is 11.8 Å². The van der Waals surface area contributed by atoms with Gasteiger partial charge in [-0.25, -0.2) is 4.79 Å². The minimum atomic E-state index is -0.911. The molecule has 0 bridgehead atoms. The molecule has 0 fully saturated rings. The zero-order chi connectivity index (χ0) is 13.8. The summed E-state index contributed by atoms with van der Waals surface area (Å²) in [5, 5.41) is 9.92. The van der Waals surface area contributed by atoms with Gasteiger partial charge < -0.3 is 9.84 Å². The summed E-state index contributed by atoms with van der Waals surface area (Å²) in [6.45, 7) is 1.79. The van der Waals surface area contributed by atoms with Crippen molar-refractivity contribution in [2.24, 2.45) is 0 Å². The summed E-state index contributed by atoms with van der Waals surface area (Å²) < 4.78 is 4.68. The van der Waals surface area contributed by atoms with Crippen LogP contribution < -0.4 is 0 Å². The Balaban J connectivity index is 2.33. The number of ether oxygens (including phenoxy) is 1. The molecular weight excluding hydrogens is 244 g/mol. The molecule has 0 radical (unpaired) electrons. The van der Waals surface area contributed by atoms with Gasteiger partial charge in [0.15, 0.2) is 0 Å². The van der Waals surface area contributed by atoms with Gasteiger partial charge in [0.2, 0.25) is 0 Å². The zero-order valence-corrected chi connectivity index (χ0v) is 11.1. The zero-order valence-electron chi connectivity index (χ0n) is 11.1. The Labute approximate surface area is 112 Å². The third-order valence-corrected chi connectivity index (χ3v) is 3.42. The van der Waals surface area contributed by atoms with Crippen molar-refractivity contribution in [2.45, 2.75) is 39.0 Å². The molecule has 0 saturated heterocycles. The summed E-state index contributed by atoms with van der Waals surface area (Å²) in [4.78, 5) is 23.3. The molecule has 2 rings (SSSR count). The number of hydrogen-bond acceptors (Lipinski definition) is 4. The van der Waals surface area contributed by atoms with E-state index in [0.717, 1.165) is 43.2 Å². The third-order valence-electron chi connectivity index (χ3n) is 3.42. The monoisotopic (exact) mass is 262 g/mol. The molecule has 0 heterocycles. The van der Waals surface area contributed by atoms with E-state index in [1.165, 1.54) is 0 Å². The Morgan fingerprint density at radius 1 is 1.16 bits per heavy atom. The first-order valence-electron chi connectivity index (χ1n) is 6.69. The molecule has 4 nitrogen and oxygen atoms in total. The first kappa shape index (κ1) is 13.6. The van der Waals surface area contributed by atoms with Gasteiger partial charge in [0.1, 0.15) is 5.75 Å². The molecule has 1 aliphatic carbocycles. The maximum Gasteiger partial charge on any atom is 0.379 e. The number of phenols is 1. The van der Waals surface area contributed by atoms with Crippen LogP contribution in [0.25, 0.3) is 0 Å². The molecule has 19 heavy (non-hydrogen) atoms. The quantitative estimate of drug-likeness (QED) is 0.393. The van der Waals surface area contributed by atoms with Crippen molar-refractivity contribution in [3.05, 3.63) is 28.8 Å². The Bertz CT molecular complexity index is 505. The lowest BCUT2D eigenvalue weighted by molar-refractivity contribution is -0.137. The van der Waals surface area contributed by atoms with Gasteiger partial charge >= 0.3 is 5.97 Å². The Morgan fingerprint density at radius 3 is 2.42 bits per heavy atom. The van der Waals surface area contributed by atoms with Gasteiger partial charge in [-0.15, -0.1) is 0 Å². The summed E-state index contributed by atoms with van der Waals surface area (Å²) in [5.74, 6) is -1.81.